The Balaban J connectivity index is 0.000000281. The molecule has 0 amide bonds. The summed E-state index contributed by atoms with van der Waals surface area (Å²) in [7, 11) is 0. The van der Waals surface area contributed by atoms with E-state index in [-0.39, 0.29) is 0 Å². The Kier molecular flexibility index (Phi) is 2.92. The zero-order chi connectivity index (χ0) is 8.16. The minimum Gasteiger partial charge on any atom is -0.0879 e. The summed E-state index contributed by atoms with van der Waals surface area (Å²) in [5, 5.41) is 0. The summed E-state index contributed by atoms with van der Waals surface area (Å²) in [6, 6.07) is 0. The highest BCUT2D eigenvalue weighted by atomic mass is 14.3. The van der Waals surface area contributed by atoms with Crippen LogP contribution >= 0.6 is 0 Å². The molecule has 0 aromatic heterocycles. The maximum atomic E-state index is 2.33. The van der Waals surface area contributed by atoms with Crippen molar-refractivity contribution in [3.63, 3.8) is 0 Å². The molecular weight excluding hydrogens is 132 g/mol. The molecule has 0 nitrogen and oxygen atoms in total. The Labute approximate surface area is 70.0 Å². The van der Waals surface area contributed by atoms with Crippen LogP contribution in [0.2, 0.25) is 0 Å². The molecule has 0 aromatic carbocycles. The fourth-order valence-electron chi connectivity index (χ4n) is 1.83. The fourth-order valence-corrected chi connectivity index (χ4v) is 1.83. The van der Waals surface area contributed by atoms with E-state index in [2.05, 4.69) is 24.3 Å². The summed E-state index contributed by atoms with van der Waals surface area (Å²) in [6.07, 6.45) is 14.6. The summed E-state index contributed by atoms with van der Waals surface area (Å²) in [5.74, 6) is 0. The van der Waals surface area contributed by atoms with Crippen LogP contribution in [0.4, 0.5) is 0 Å². The van der Waals surface area contributed by atoms with Crippen LogP contribution in [0.1, 0.15) is 39.5 Å². The topological polar surface area (TPSA) is 0 Å². The third-order valence-corrected chi connectivity index (χ3v) is 2.54. The molecule has 0 N–H and O–H groups in total. The van der Waals surface area contributed by atoms with Gasteiger partial charge in [0.1, 0.15) is 0 Å². The highest BCUT2D eigenvalue weighted by Gasteiger charge is 2.30. The van der Waals surface area contributed by atoms with Crippen LogP contribution in [-0.2, 0) is 0 Å². The Hall–Kier alpha value is -0.520. The molecule has 0 aromatic rings. The molecule has 0 radical (unpaired) electrons. The number of hydrogen-bond donors (Lipinski definition) is 0. The van der Waals surface area contributed by atoms with Crippen molar-refractivity contribution >= 4 is 0 Å². The summed E-state index contributed by atoms with van der Waals surface area (Å²) < 4.78 is 0. The highest BCUT2D eigenvalue weighted by Crippen LogP contribution is 2.43. The molecule has 11 heavy (non-hydrogen) atoms. The van der Waals surface area contributed by atoms with E-state index < -0.39 is 0 Å². The molecule has 62 valence electrons. The summed E-state index contributed by atoms with van der Waals surface area (Å²) >= 11 is 0. The minimum atomic E-state index is 0.667. The van der Waals surface area contributed by atoms with Crippen LogP contribution in [0.25, 0.3) is 0 Å². The molecule has 0 bridgehead atoms. The van der Waals surface area contributed by atoms with Crippen LogP contribution in [0.5, 0.6) is 0 Å². The van der Waals surface area contributed by atoms with E-state index in [1.54, 1.807) is 0 Å². The summed E-state index contributed by atoms with van der Waals surface area (Å²) in [4.78, 5) is 0. The van der Waals surface area contributed by atoms with Gasteiger partial charge in [0.05, 0.1) is 0 Å². The lowest BCUT2D eigenvalue weighted by Crippen LogP contribution is -2.10. The molecule has 0 heteroatoms. The Morgan fingerprint density at radius 1 is 0.727 bits per heavy atom. The quantitative estimate of drug-likeness (QED) is 0.462. The van der Waals surface area contributed by atoms with Crippen LogP contribution in [0, 0.1) is 5.41 Å². The van der Waals surface area contributed by atoms with Gasteiger partial charge in [0.15, 0.2) is 0 Å². The lowest BCUT2D eigenvalue weighted by Gasteiger charge is -2.21. The van der Waals surface area contributed by atoms with Gasteiger partial charge in [0.2, 0.25) is 0 Å². The largest absolute Gasteiger partial charge is 0.0879 e. The average molecular weight is 150 g/mol. The zero-order valence-corrected chi connectivity index (χ0v) is 7.64. The average Bonchev–Trinajstić information content (AvgIpc) is 2.69. The second-order valence-electron chi connectivity index (χ2n) is 3.26. The molecule has 0 saturated carbocycles. The van der Waals surface area contributed by atoms with E-state index in [1.165, 1.54) is 25.7 Å². The lowest BCUT2D eigenvalue weighted by atomic mass is 9.83. The third kappa shape index (κ3) is 1.74. The number of allylic oxidation sites excluding steroid dienone is 4. The number of rotatable bonds is 0. The molecule has 0 unspecified atom stereocenters. The number of hydrogen-bond acceptors (Lipinski definition) is 0. The lowest BCUT2D eigenvalue weighted by molar-refractivity contribution is 0.338. The van der Waals surface area contributed by atoms with Gasteiger partial charge in [-0.15, -0.1) is 0 Å². The smallest absolute Gasteiger partial charge is 0.0160 e. The Morgan fingerprint density at radius 2 is 1.00 bits per heavy atom. The van der Waals surface area contributed by atoms with Crippen molar-refractivity contribution in [1.29, 1.82) is 0 Å². The van der Waals surface area contributed by atoms with Crippen molar-refractivity contribution in [3.05, 3.63) is 24.3 Å². The van der Waals surface area contributed by atoms with Gasteiger partial charge in [-0.3, -0.25) is 0 Å². The van der Waals surface area contributed by atoms with E-state index in [4.69, 9.17) is 0 Å². The normalized spacial score (nSPS) is 23.8. The molecule has 1 spiro atoms. The SMILES string of the molecule is C1=CCC2(C1)CC=CC2.CC. The van der Waals surface area contributed by atoms with Crippen molar-refractivity contribution in [2.24, 2.45) is 5.41 Å². The fraction of sp³-hybridized carbons (Fsp3) is 0.636. The van der Waals surface area contributed by atoms with Gasteiger partial charge in [-0.05, 0) is 31.1 Å². The first-order chi connectivity index (χ1) is 5.41. The molecular formula is C11H18. The van der Waals surface area contributed by atoms with E-state index >= 15 is 0 Å². The summed E-state index contributed by atoms with van der Waals surface area (Å²) in [6.45, 7) is 4.00. The first-order valence-corrected chi connectivity index (χ1v) is 4.71. The van der Waals surface area contributed by atoms with Gasteiger partial charge < -0.3 is 0 Å². The predicted molar refractivity (Wildman–Crippen MR) is 50.5 cm³/mol. The zero-order valence-electron chi connectivity index (χ0n) is 7.64. The van der Waals surface area contributed by atoms with Crippen molar-refractivity contribution < 1.29 is 0 Å². The first-order valence-electron chi connectivity index (χ1n) is 4.71. The molecule has 0 fully saturated rings. The van der Waals surface area contributed by atoms with Gasteiger partial charge in [-0.2, -0.15) is 0 Å². The van der Waals surface area contributed by atoms with Crippen molar-refractivity contribution in [1.82, 2.24) is 0 Å². The molecule has 2 aliphatic rings. The Bertz CT molecular complexity index is 123. The van der Waals surface area contributed by atoms with Crippen LogP contribution in [0.15, 0.2) is 24.3 Å². The minimum absolute atomic E-state index is 0.667. The van der Waals surface area contributed by atoms with E-state index in [9.17, 15) is 0 Å². The van der Waals surface area contributed by atoms with Crippen LogP contribution in [-0.4, -0.2) is 0 Å². The van der Waals surface area contributed by atoms with E-state index in [1.807, 2.05) is 13.8 Å². The van der Waals surface area contributed by atoms with Crippen molar-refractivity contribution in [3.8, 4) is 0 Å². The molecule has 0 heterocycles. The second-order valence-corrected chi connectivity index (χ2v) is 3.26. The highest BCUT2D eigenvalue weighted by molar-refractivity contribution is 5.12. The van der Waals surface area contributed by atoms with Crippen molar-refractivity contribution in [2.75, 3.05) is 0 Å². The van der Waals surface area contributed by atoms with E-state index in [0.717, 1.165) is 0 Å². The summed E-state index contributed by atoms with van der Waals surface area (Å²) in [5.41, 5.74) is 0.667. The van der Waals surface area contributed by atoms with Gasteiger partial charge in [-0.25, -0.2) is 0 Å². The second kappa shape index (κ2) is 3.75. The maximum absolute atomic E-state index is 2.33. The third-order valence-electron chi connectivity index (χ3n) is 2.54. The molecule has 0 aliphatic heterocycles. The first kappa shape index (κ1) is 8.58. The predicted octanol–water partition coefficient (Wildman–Crippen LogP) is 3.70. The monoisotopic (exact) mass is 150 g/mol. The van der Waals surface area contributed by atoms with Gasteiger partial charge in [0.25, 0.3) is 0 Å². The van der Waals surface area contributed by atoms with Gasteiger partial charge >= 0.3 is 0 Å². The van der Waals surface area contributed by atoms with Crippen LogP contribution < -0.4 is 0 Å². The molecule has 2 rings (SSSR count). The standard InChI is InChI=1S/C9H12.C2H6/c1-2-6-9(5-1)7-3-4-8-9;1-2/h1-4H,5-8H2;1-2H3. The van der Waals surface area contributed by atoms with Crippen LogP contribution in [0.3, 0.4) is 0 Å². The van der Waals surface area contributed by atoms with Crippen molar-refractivity contribution in [2.45, 2.75) is 39.5 Å². The molecule has 0 saturated heterocycles. The van der Waals surface area contributed by atoms with E-state index in [0.29, 0.717) is 5.41 Å². The molecule has 2 aliphatic carbocycles. The Morgan fingerprint density at radius 3 is 1.27 bits per heavy atom. The van der Waals surface area contributed by atoms with Gasteiger partial charge in [-0.1, -0.05) is 38.2 Å². The van der Waals surface area contributed by atoms with Gasteiger partial charge in [0, 0.05) is 0 Å². The maximum Gasteiger partial charge on any atom is -0.0160 e. The molecule has 0 atom stereocenters.